The zero-order valence-corrected chi connectivity index (χ0v) is 16.9. The SMILES string of the molecule is CCCCCCCCS(=O)(=O)N1CCN(c2ccc(C(=O)NO)cc2)CC1. The van der Waals surface area contributed by atoms with Crippen molar-refractivity contribution in [1.82, 2.24) is 9.79 Å². The highest BCUT2D eigenvalue weighted by molar-refractivity contribution is 7.89. The van der Waals surface area contributed by atoms with Gasteiger partial charge in [-0.3, -0.25) is 10.0 Å². The molecule has 152 valence electrons. The molecule has 1 saturated heterocycles. The van der Waals surface area contributed by atoms with Crippen LogP contribution in [0.3, 0.4) is 0 Å². The number of hydrogen-bond donors (Lipinski definition) is 2. The second kappa shape index (κ2) is 10.6. The first kappa shape index (κ1) is 21.7. The molecular weight excluding hydrogens is 366 g/mol. The highest BCUT2D eigenvalue weighted by Gasteiger charge is 2.26. The number of hydrogen-bond acceptors (Lipinski definition) is 5. The van der Waals surface area contributed by atoms with Crippen molar-refractivity contribution in [3.05, 3.63) is 29.8 Å². The van der Waals surface area contributed by atoms with Crippen LogP contribution in [0.25, 0.3) is 0 Å². The van der Waals surface area contributed by atoms with Crippen LogP contribution < -0.4 is 10.4 Å². The van der Waals surface area contributed by atoms with Crippen molar-refractivity contribution in [2.75, 3.05) is 36.8 Å². The Morgan fingerprint density at radius 1 is 1.00 bits per heavy atom. The lowest BCUT2D eigenvalue weighted by Crippen LogP contribution is -2.49. The lowest BCUT2D eigenvalue weighted by molar-refractivity contribution is 0.0706. The first-order valence-electron chi connectivity index (χ1n) is 9.75. The molecule has 1 aliphatic heterocycles. The van der Waals surface area contributed by atoms with Gasteiger partial charge >= 0.3 is 0 Å². The first-order valence-corrected chi connectivity index (χ1v) is 11.4. The molecule has 1 heterocycles. The van der Waals surface area contributed by atoms with Gasteiger partial charge in [0.2, 0.25) is 10.0 Å². The average molecular weight is 398 g/mol. The van der Waals surface area contributed by atoms with Crippen LogP contribution in [0.2, 0.25) is 0 Å². The smallest absolute Gasteiger partial charge is 0.274 e. The monoisotopic (exact) mass is 397 g/mol. The fourth-order valence-corrected chi connectivity index (χ4v) is 4.85. The summed E-state index contributed by atoms with van der Waals surface area (Å²) < 4.78 is 26.6. The van der Waals surface area contributed by atoms with Crippen molar-refractivity contribution in [3.8, 4) is 0 Å². The molecule has 0 aromatic heterocycles. The van der Waals surface area contributed by atoms with E-state index in [2.05, 4.69) is 11.8 Å². The number of benzene rings is 1. The van der Waals surface area contributed by atoms with Crippen molar-refractivity contribution in [1.29, 1.82) is 0 Å². The molecule has 0 radical (unpaired) electrons. The summed E-state index contributed by atoms with van der Waals surface area (Å²) in [6, 6.07) is 6.90. The lowest BCUT2D eigenvalue weighted by atomic mass is 10.1. The molecule has 8 heteroatoms. The van der Waals surface area contributed by atoms with E-state index in [0.29, 0.717) is 31.7 Å². The molecule has 1 fully saturated rings. The summed E-state index contributed by atoms with van der Waals surface area (Å²) >= 11 is 0. The van der Waals surface area contributed by atoms with Gasteiger partial charge in [0.05, 0.1) is 5.75 Å². The van der Waals surface area contributed by atoms with Gasteiger partial charge < -0.3 is 4.90 Å². The summed E-state index contributed by atoms with van der Waals surface area (Å²) in [6.45, 7) is 4.39. The minimum absolute atomic E-state index is 0.240. The van der Waals surface area contributed by atoms with E-state index in [4.69, 9.17) is 5.21 Å². The fraction of sp³-hybridized carbons (Fsp3) is 0.632. The van der Waals surface area contributed by atoms with Gasteiger partial charge in [0, 0.05) is 37.4 Å². The van der Waals surface area contributed by atoms with E-state index in [1.807, 2.05) is 12.1 Å². The van der Waals surface area contributed by atoms with E-state index >= 15 is 0 Å². The molecule has 0 bridgehead atoms. The fourth-order valence-electron chi connectivity index (χ4n) is 3.31. The third-order valence-electron chi connectivity index (χ3n) is 4.98. The van der Waals surface area contributed by atoms with Crippen molar-refractivity contribution in [2.45, 2.75) is 45.4 Å². The van der Waals surface area contributed by atoms with E-state index in [9.17, 15) is 13.2 Å². The van der Waals surface area contributed by atoms with E-state index in [1.165, 1.54) is 19.3 Å². The van der Waals surface area contributed by atoms with Gasteiger partial charge in [0.1, 0.15) is 0 Å². The predicted molar refractivity (Wildman–Crippen MR) is 107 cm³/mol. The third kappa shape index (κ3) is 6.48. The van der Waals surface area contributed by atoms with Crippen LogP contribution in [0.4, 0.5) is 5.69 Å². The Morgan fingerprint density at radius 3 is 2.19 bits per heavy atom. The maximum absolute atomic E-state index is 12.5. The lowest BCUT2D eigenvalue weighted by Gasteiger charge is -2.35. The average Bonchev–Trinajstić information content (AvgIpc) is 2.70. The number of rotatable bonds is 10. The van der Waals surface area contributed by atoms with Crippen LogP contribution in [0.1, 0.15) is 55.8 Å². The highest BCUT2D eigenvalue weighted by atomic mass is 32.2. The minimum Gasteiger partial charge on any atom is -0.369 e. The van der Waals surface area contributed by atoms with Crippen molar-refractivity contribution in [3.63, 3.8) is 0 Å². The van der Waals surface area contributed by atoms with Crippen molar-refractivity contribution < 1.29 is 18.4 Å². The van der Waals surface area contributed by atoms with Gasteiger partial charge in [-0.2, -0.15) is 4.31 Å². The van der Waals surface area contributed by atoms with E-state index < -0.39 is 15.9 Å². The van der Waals surface area contributed by atoms with E-state index in [1.54, 1.807) is 21.9 Å². The van der Waals surface area contributed by atoms with Crippen LogP contribution in [-0.2, 0) is 10.0 Å². The summed E-state index contributed by atoms with van der Waals surface area (Å²) in [5.41, 5.74) is 2.93. The van der Waals surface area contributed by atoms with Crippen molar-refractivity contribution >= 4 is 21.6 Å². The number of carbonyl (C=O) groups excluding carboxylic acids is 1. The molecule has 7 nitrogen and oxygen atoms in total. The number of hydroxylamine groups is 1. The Balaban J connectivity index is 1.79. The summed E-state index contributed by atoms with van der Waals surface area (Å²) in [4.78, 5) is 13.5. The maximum Gasteiger partial charge on any atom is 0.274 e. The molecule has 2 N–H and O–H groups in total. The molecule has 1 aromatic carbocycles. The van der Waals surface area contributed by atoms with Crippen LogP contribution in [0.5, 0.6) is 0 Å². The van der Waals surface area contributed by atoms with Crippen molar-refractivity contribution in [2.24, 2.45) is 0 Å². The van der Waals surface area contributed by atoms with Crippen LogP contribution in [0, 0.1) is 0 Å². The van der Waals surface area contributed by atoms with Gasteiger partial charge in [0.15, 0.2) is 0 Å². The Morgan fingerprint density at radius 2 is 1.59 bits per heavy atom. The van der Waals surface area contributed by atoms with Gasteiger partial charge in [-0.1, -0.05) is 39.0 Å². The molecule has 0 spiro atoms. The third-order valence-corrected chi connectivity index (χ3v) is 6.94. The Hall–Kier alpha value is -1.64. The molecule has 0 unspecified atom stereocenters. The Labute approximate surface area is 162 Å². The molecule has 2 rings (SSSR count). The quantitative estimate of drug-likeness (QED) is 0.360. The van der Waals surface area contributed by atoms with E-state index in [0.717, 1.165) is 24.9 Å². The number of nitrogens with zero attached hydrogens (tertiary/aromatic N) is 2. The highest BCUT2D eigenvalue weighted by Crippen LogP contribution is 2.19. The minimum atomic E-state index is -3.18. The standard InChI is InChI=1S/C19H31N3O4S/c1-2-3-4-5-6-7-16-27(25,26)22-14-12-21(13-15-22)18-10-8-17(9-11-18)19(23)20-24/h8-11,24H,2-7,12-16H2,1H3,(H,20,23). The molecule has 1 amide bonds. The number of piperazine rings is 1. The number of anilines is 1. The molecule has 0 aliphatic carbocycles. The normalized spacial score (nSPS) is 15.7. The zero-order chi connectivity index (χ0) is 19.7. The predicted octanol–water partition coefficient (Wildman–Crippen LogP) is 2.62. The summed E-state index contributed by atoms with van der Waals surface area (Å²) in [6.07, 6.45) is 6.43. The zero-order valence-electron chi connectivity index (χ0n) is 16.1. The Kier molecular flexibility index (Phi) is 8.53. The van der Waals surface area contributed by atoms with Gasteiger partial charge in [-0.25, -0.2) is 13.9 Å². The number of sulfonamides is 1. The second-order valence-electron chi connectivity index (χ2n) is 6.96. The topological polar surface area (TPSA) is 90.0 Å². The maximum atomic E-state index is 12.5. The molecule has 1 aromatic rings. The second-order valence-corrected chi connectivity index (χ2v) is 9.05. The number of unbranched alkanes of at least 4 members (excludes halogenated alkanes) is 5. The molecule has 0 atom stereocenters. The summed E-state index contributed by atoms with van der Waals surface area (Å²) in [7, 11) is -3.18. The number of amides is 1. The molecule has 0 saturated carbocycles. The first-order chi connectivity index (χ1) is 13.0. The van der Waals surface area contributed by atoms with Gasteiger partial charge in [-0.05, 0) is 30.7 Å². The largest absolute Gasteiger partial charge is 0.369 e. The van der Waals surface area contributed by atoms with Crippen LogP contribution in [-0.4, -0.2) is 55.8 Å². The molecule has 1 aliphatic rings. The summed E-state index contributed by atoms with van der Waals surface area (Å²) in [5, 5.41) is 8.65. The summed E-state index contributed by atoms with van der Waals surface area (Å²) in [5.74, 6) is -0.309. The number of carbonyl (C=O) groups is 1. The van der Waals surface area contributed by atoms with Gasteiger partial charge in [0.25, 0.3) is 5.91 Å². The van der Waals surface area contributed by atoms with Crippen LogP contribution >= 0.6 is 0 Å². The number of nitrogens with one attached hydrogen (secondary N) is 1. The molecule has 27 heavy (non-hydrogen) atoms. The van der Waals surface area contributed by atoms with Crippen LogP contribution in [0.15, 0.2) is 24.3 Å². The van der Waals surface area contributed by atoms with Gasteiger partial charge in [-0.15, -0.1) is 0 Å². The Bertz CT molecular complexity index is 683. The molecular formula is C19H31N3O4S. The van der Waals surface area contributed by atoms with E-state index in [-0.39, 0.29) is 5.75 Å².